The average molecular weight is 250 g/mol. The van der Waals surface area contributed by atoms with Crippen molar-refractivity contribution in [3.8, 4) is 11.5 Å². The number of phenols is 1. The van der Waals surface area contributed by atoms with Gasteiger partial charge in [0.2, 0.25) is 0 Å². The fourth-order valence-corrected chi connectivity index (χ4v) is 2.15. The molecule has 0 amide bonds. The van der Waals surface area contributed by atoms with Gasteiger partial charge in [0.15, 0.2) is 6.29 Å². The summed E-state index contributed by atoms with van der Waals surface area (Å²) in [4.78, 5) is 0. The molecule has 0 aromatic heterocycles. The van der Waals surface area contributed by atoms with Crippen molar-refractivity contribution in [2.75, 3.05) is 6.61 Å². The molecule has 1 fully saturated rings. The molecule has 1 aliphatic heterocycles. The highest BCUT2D eigenvalue weighted by Gasteiger charge is 2.20. The molecule has 1 aromatic carbocycles. The first-order valence-corrected chi connectivity index (χ1v) is 6.58. The molecule has 0 radical (unpaired) electrons. The Labute approximate surface area is 109 Å². The zero-order chi connectivity index (χ0) is 13.2. The third-order valence-electron chi connectivity index (χ3n) is 3.18. The van der Waals surface area contributed by atoms with E-state index in [0.717, 1.165) is 37.2 Å². The average Bonchev–Trinajstić information content (AvgIpc) is 2.31. The summed E-state index contributed by atoms with van der Waals surface area (Å²) in [6.07, 6.45) is 3.06. The lowest BCUT2D eigenvalue weighted by Gasteiger charge is -2.25. The van der Waals surface area contributed by atoms with Crippen LogP contribution >= 0.6 is 0 Å². The Balaban J connectivity index is 2.14. The maximum absolute atomic E-state index is 9.89. The van der Waals surface area contributed by atoms with Crippen molar-refractivity contribution in [1.29, 1.82) is 0 Å². The topological polar surface area (TPSA) is 38.7 Å². The standard InChI is InChI=1S/C15H22O3/c1-15(2,3)12-10-11(7-8-13(12)16)18-14-6-4-5-9-17-14/h7-8,10,14,16H,4-6,9H2,1-3H3/t14-/m1/s1. The van der Waals surface area contributed by atoms with E-state index < -0.39 is 0 Å². The van der Waals surface area contributed by atoms with E-state index in [9.17, 15) is 5.11 Å². The predicted molar refractivity (Wildman–Crippen MR) is 71.0 cm³/mol. The third-order valence-corrected chi connectivity index (χ3v) is 3.18. The fraction of sp³-hybridized carbons (Fsp3) is 0.600. The second-order valence-corrected chi connectivity index (χ2v) is 5.84. The van der Waals surface area contributed by atoms with Gasteiger partial charge in [-0.15, -0.1) is 0 Å². The van der Waals surface area contributed by atoms with Crippen molar-refractivity contribution >= 4 is 0 Å². The highest BCUT2D eigenvalue weighted by molar-refractivity contribution is 5.43. The molecule has 1 saturated heterocycles. The number of hydrogen-bond acceptors (Lipinski definition) is 3. The number of phenolic OH excluding ortho intramolecular Hbond substituents is 1. The maximum Gasteiger partial charge on any atom is 0.199 e. The van der Waals surface area contributed by atoms with Gasteiger partial charge in [-0.2, -0.15) is 0 Å². The third kappa shape index (κ3) is 3.16. The quantitative estimate of drug-likeness (QED) is 0.871. The van der Waals surface area contributed by atoms with Crippen LogP contribution in [0.4, 0.5) is 0 Å². The van der Waals surface area contributed by atoms with Crippen LogP contribution in [0.25, 0.3) is 0 Å². The van der Waals surface area contributed by atoms with Crippen LogP contribution in [0.5, 0.6) is 11.5 Å². The van der Waals surface area contributed by atoms with Gasteiger partial charge in [0.05, 0.1) is 6.61 Å². The molecule has 18 heavy (non-hydrogen) atoms. The molecule has 1 atom stereocenters. The van der Waals surface area contributed by atoms with Crippen LogP contribution in [0.15, 0.2) is 18.2 Å². The Morgan fingerprint density at radius 1 is 1.28 bits per heavy atom. The fourth-order valence-electron chi connectivity index (χ4n) is 2.15. The van der Waals surface area contributed by atoms with Gasteiger partial charge in [-0.05, 0) is 36.5 Å². The van der Waals surface area contributed by atoms with E-state index in [-0.39, 0.29) is 11.7 Å². The number of rotatable bonds is 2. The minimum absolute atomic E-state index is 0.100. The Kier molecular flexibility index (Phi) is 3.81. The molecule has 3 heteroatoms. The summed E-state index contributed by atoms with van der Waals surface area (Å²) < 4.78 is 11.4. The molecule has 0 bridgehead atoms. The van der Waals surface area contributed by atoms with Crippen molar-refractivity contribution in [1.82, 2.24) is 0 Å². The zero-order valence-corrected chi connectivity index (χ0v) is 11.4. The number of hydrogen-bond donors (Lipinski definition) is 1. The summed E-state index contributed by atoms with van der Waals surface area (Å²) >= 11 is 0. The van der Waals surface area contributed by atoms with Crippen LogP contribution in [-0.2, 0) is 10.2 Å². The first-order chi connectivity index (χ1) is 8.47. The summed E-state index contributed by atoms with van der Waals surface area (Å²) in [5, 5.41) is 9.89. The van der Waals surface area contributed by atoms with E-state index in [1.807, 2.05) is 6.07 Å². The van der Waals surface area contributed by atoms with E-state index in [2.05, 4.69) is 20.8 Å². The van der Waals surface area contributed by atoms with Crippen molar-refractivity contribution in [2.45, 2.75) is 51.7 Å². The van der Waals surface area contributed by atoms with Crippen LogP contribution in [0, 0.1) is 0 Å². The van der Waals surface area contributed by atoms with Gasteiger partial charge in [-0.25, -0.2) is 0 Å². The van der Waals surface area contributed by atoms with Gasteiger partial charge in [-0.3, -0.25) is 0 Å². The summed E-state index contributed by atoms with van der Waals surface area (Å²) in [5.41, 5.74) is 0.799. The lowest BCUT2D eigenvalue weighted by molar-refractivity contribution is -0.105. The van der Waals surface area contributed by atoms with Crippen molar-refractivity contribution in [3.05, 3.63) is 23.8 Å². The minimum Gasteiger partial charge on any atom is -0.508 e. The smallest absolute Gasteiger partial charge is 0.199 e. The SMILES string of the molecule is CC(C)(C)c1cc(O[C@@H]2CCCCO2)ccc1O. The van der Waals surface area contributed by atoms with E-state index in [1.54, 1.807) is 12.1 Å². The van der Waals surface area contributed by atoms with Crippen LogP contribution in [0.3, 0.4) is 0 Å². The van der Waals surface area contributed by atoms with Crippen LogP contribution in [0.2, 0.25) is 0 Å². The van der Waals surface area contributed by atoms with Crippen LogP contribution in [-0.4, -0.2) is 18.0 Å². The Hall–Kier alpha value is -1.22. The van der Waals surface area contributed by atoms with Crippen molar-refractivity contribution < 1.29 is 14.6 Å². The second-order valence-electron chi connectivity index (χ2n) is 5.84. The van der Waals surface area contributed by atoms with Crippen molar-refractivity contribution in [3.63, 3.8) is 0 Å². The predicted octanol–water partition coefficient (Wildman–Crippen LogP) is 3.60. The lowest BCUT2D eigenvalue weighted by Crippen LogP contribution is -2.25. The van der Waals surface area contributed by atoms with Gasteiger partial charge in [0.1, 0.15) is 11.5 Å². The number of ether oxygens (including phenoxy) is 2. The van der Waals surface area contributed by atoms with E-state index in [1.165, 1.54) is 0 Å². The molecule has 2 rings (SSSR count). The lowest BCUT2D eigenvalue weighted by atomic mass is 9.86. The minimum atomic E-state index is -0.142. The molecule has 0 unspecified atom stereocenters. The Morgan fingerprint density at radius 2 is 2.06 bits per heavy atom. The molecular formula is C15H22O3. The van der Waals surface area contributed by atoms with E-state index >= 15 is 0 Å². The highest BCUT2D eigenvalue weighted by atomic mass is 16.7. The molecule has 0 spiro atoms. The summed E-state index contributed by atoms with van der Waals surface area (Å²) in [6.45, 7) is 6.99. The van der Waals surface area contributed by atoms with Crippen LogP contribution < -0.4 is 4.74 Å². The van der Waals surface area contributed by atoms with Gasteiger partial charge in [-0.1, -0.05) is 20.8 Å². The molecular weight excluding hydrogens is 228 g/mol. The van der Waals surface area contributed by atoms with E-state index in [0.29, 0.717) is 5.75 Å². The molecule has 0 aliphatic carbocycles. The molecule has 3 nitrogen and oxygen atoms in total. The first kappa shape index (κ1) is 13.2. The second kappa shape index (κ2) is 5.19. The maximum atomic E-state index is 9.89. The van der Waals surface area contributed by atoms with E-state index in [4.69, 9.17) is 9.47 Å². The molecule has 0 saturated carbocycles. The number of benzene rings is 1. The molecule has 1 aromatic rings. The molecule has 100 valence electrons. The highest BCUT2D eigenvalue weighted by Crippen LogP contribution is 2.34. The number of aromatic hydroxyl groups is 1. The largest absolute Gasteiger partial charge is 0.508 e. The molecule has 1 aliphatic rings. The van der Waals surface area contributed by atoms with Crippen LogP contribution in [0.1, 0.15) is 45.6 Å². The Bertz CT molecular complexity index is 401. The first-order valence-electron chi connectivity index (χ1n) is 6.58. The van der Waals surface area contributed by atoms with Crippen molar-refractivity contribution in [2.24, 2.45) is 0 Å². The Morgan fingerprint density at radius 3 is 2.67 bits per heavy atom. The summed E-state index contributed by atoms with van der Waals surface area (Å²) in [6, 6.07) is 5.40. The van der Waals surface area contributed by atoms with Gasteiger partial charge >= 0.3 is 0 Å². The summed E-state index contributed by atoms with van der Waals surface area (Å²) in [5.74, 6) is 1.09. The van der Waals surface area contributed by atoms with Gasteiger partial charge < -0.3 is 14.6 Å². The van der Waals surface area contributed by atoms with Gasteiger partial charge in [0.25, 0.3) is 0 Å². The monoisotopic (exact) mass is 250 g/mol. The van der Waals surface area contributed by atoms with Gasteiger partial charge in [0, 0.05) is 12.0 Å². The normalized spacial score (nSPS) is 20.7. The zero-order valence-electron chi connectivity index (χ0n) is 11.4. The molecule has 1 N–H and O–H groups in total. The molecule has 1 heterocycles. The summed E-state index contributed by atoms with van der Waals surface area (Å²) in [7, 11) is 0.